The molecule has 0 aromatic carbocycles. The van der Waals surface area contributed by atoms with Crippen LogP contribution in [-0.2, 0) is 6.18 Å². The Morgan fingerprint density at radius 3 is 2.72 bits per heavy atom. The number of anilines is 1. The number of alkyl halides is 3. The van der Waals surface area contributed by atoms with E-state index in [9.17, 15) is 13.2 Å². The summed E-state index contributed by atoms with van der Waals surface area (Å²) in [5, 5.41) is 8.57. The summed E-state index contributed by atoms with van der Waals surface area (Å²) in [6.07, 6.45) is -1.01. The number of halogens is 3. The predicted octanol–water partition coefficient (Wildman–Crippen LogP) is 2.98. The standard InChI is InChI=1S/C12H12F3N3/c13-12(14,15)9-4-6-17-11(8-9)18(7-1-5-16)10-2-3-10/h4,6,8,10H,1-3,7H2. The molecule has 1 aliphatic carbocycles. The number of aromatic nitrogens is 1. The molecular formula is C12H12F3N3. The number of nitrogens with zero attached hydrogens (tertiary/aromatic N) is 3. The SMILES string of the molecule is N#CCCN(c1cc(C(F)(F)F)ccn1)C1CC1. The van der Waals surface area contributed by atoms with Crippen molar-refractivity contribution in [2.45, 2.75) is 31.5 Å². The average Bonchev–Trinajstić information content (AvgIpc) is 3.13. The van der Waals surface area contributed by atoms with Crippen LogP contribution in [0, 0.1) is 11.3 Å². The Labute approximate surface area is 103 Å². The summed E-state index contributed by atoms with van der Waals surface area (Å²) < 4.78 is 37.8. The Morgan fingerprint density at radius 1 is 1.44 bits per heavy atom. The van der Waals surface area contributed by atoms with Gasteiger partial charge in [-0.2, -0.15) is 18.4 Å². The molecule has 1 heterocycles. The second-order valence-electron chi connectivity index (χ2n) is 4.23. The molecule has 6 heteroatoms. The molecule has 1 saturated carbocycles. The van der Waals surface area contributed by atoms with Gasteiger partial charge in [0, 0.05) is 18.8 Å². The van der Waals surface area contributed by atoms with E-state index in [1.165, 1.54) is 6.20 Å². The van der Waals surface area contributed by atoms with Crippen LogP contribution in [0.2, 0.25) is 0 Å². The van der Waals surface area contributed by atoms with Crippen LogP contribution in [0.5, 0.6) is 0 Å². The highest BCUT2D eigenvalue weighted by Gasteiger charge is 2.33. The number of pyridine rings is 1. The fourth-order valence-electron chi connectivity index (χ4n) is 1.79. The summed E-state index contributed by atoms with van der Waals surface area (Å²) in [5.41, 5.74) is -0.699. The van der Waals surface area contributed by atoms with E-state index < -0.39 is 11.7 Å². The molecule has 0 atom stereocenters. The molecule has 0 amide bonds. The van der Waals surface area contributed by atoms with Crippen LogP contribution < -0.4 is 4.90 Å². The molecule has 1 aromatic heterocycles. The zero-order chi connectivity index (χ0) is 13.2. The van der Waals surface area contributed by atoms with Gasteiger partial charge in [-0.1, -0.05) is 0 Å². The fourth-order valence-corrected chi connectivity index (χ4v) is 1.79. The van der Waals surface area contributed by atoms with Gasteiger partial charge in [0.15, 0.2) is 0 Å². The first-order valence-electron chi connectivity index (χ1n) is 5.69. The number of rotatable bonds is 4. The Morgan fingerprint density at radius 2 is 2.17 bits per heavy atom. The van der Waals surface area contributed by atoms with E-state index >= 15 is 0 Å². The highest BCUT2D eigenvalue weighted by atomic mass is 19.4. The largest absolute Gasteiger partial charge is 0.416 e. The lowest BCUT2D eigenvalue weighted by Crippen LogP contribution is -2.27. The fraction of sp³-hybridized carbons (Fsp3) is 0.500. The van der Waals surface area contributed by atoms with Crippen molar-refractivity contribution >= 4 is 5.82 Å². The molecule has 96 valence electrons. The molecule has 0 saturated heterocycles. The topological polar surface area (TPSA) is 39.9 Å². The summed E-state index contributed by atoms with van der Waals surface area (Å²) in [4.78, 5) is 5.77. The van der Waals surface area contributed by atoms with Gasteiger partial charge in [-0.25, -0.2) is 4.98 Å². The third-order valence-electron chi connectivity index (χ3n) is 2.82. The molecule has 1 fully saturated rings. The number of hydrogen-bond donors (Lipinski definition) is 0. The van der Waals surface area contributed by atoms with Gasteiger partial charge in [-0.3, -0.25) is 0 Å². The highest BCUT2D eigenvalue weighted by Crippen LogP contribution is 2.34. The van der Waals surface area contributed by atoms with E-state index in [0.29, 0.717) is 12.4 Å². The normalized spacial score (nSPS) is 15.2. The molecule has 0 bridgehead atoms. The Balaban J connectivity index is 2.22. The van der Waals surface area contributed by atoms with Crippen molar-refractivity contribution in [1.29, 1.82) is 5.26 Å². The van der Waals surface area contributed by atoms with Crippen molar-refractivity contribution in [3.05, 3.63) is 23.9 Å². The van der Waals surface area contributed by atoms with E-state index in [1.807, 2.05) is 6.07 Å². The van der Waals surface area contributed by atoms with Crippen molar-refractivity contribution in [3.63, 3.8) is 0 Å². The summed E-state index contributed by atoms with van der Waals surface area (Å²) in [6, 6.07) is 4.24. The lowest BCUT2D eigenvalue weighted by atomic mass is 10.2. The van der Waals surface area contributed by atoms with Crippen LogP contribution in [0.25, 0.3) is 0 Å². The van der Waals surface area contributed by atoms with E-state index in [0.717, 1.165) is 25.0 Å². The zero-order valence-corrected chi connectivity index (χ0v) is 9.61. The van der Waals surface area contributed by atoms with Gasteiger partial charge in [0.2, 0.25) is 0 Å². The summed E-state index contributed by atoms with van der Waals surface area (Å²) in [5.74, 6) is 0.308. The third kappa shape index (κ3) is 2.92. The maximum absolute atomic E-state index is 12.6. The van der Waals surface area contributed by atoms with Gasteiger partial charge >= 0.3 is 6.18 Å². The molecule has 0 radical (unpaired) electrons. The van der Waals surface area contributed by atoms with Gasteiger partial charge in [0.05, 0.1) is 18.1 Å². The maximum Gasteiger partial charge on any atom is 0.416 e. The Kier molecular flexibility index (Phi) is 3.41. The Bertz CT molecular complexity index is 460. The molecule has 18 heavy (non-hydrogen) atoms. The molecule has 0 spiro atoms. The molecule has 1 aromatic rings. The van der Waals surface area contributed by atoms with Gasteiger partial charge in [-0.15, -0.1) is 0 Å². The Hall–Kier alpha value is -1.77. The first kappa shape index (κ1) is 12.7. The van der Waals surface area contributed by atoms with E-state index in [-0.39, 0.29) is 12.5 Å². The van der Waals surface area contributed by atoms with Crippen LogP contribution in [0.4, 0.5) is 19.0 Å². The van der Waals surface area contributed by atoms with Gasteiger partial charge in [0.1, 0.15) is 5.82 Å². The summed E-state index contributed by atoms with van der Waals surface area (Å²) >= 11 is 0. The van der Waals surface area contributed by atoms with Crippen molar-refractivity contribution in [2.24, 2.45) is 0 Å². The van der Waals surface area contributed by atoms with Crippen molar-refractivity contribution in [2.75, 3.05) is 11.4 Å². The van der Waals surface area contributed by atoms with Crippen LogP contribution in [0.3, 0.4) is 0 Å². The quantitative estimate of drug-likeness (QED) is 0.830. The second-order valence-corrected chi connectivity index (χ2v) is 4.23. The highest BCUT2D eigenvalue weighted by molar-refractivity contribution is 5.44. The first-order valence-corrected chi connectivity index (χ1v) is 5.69. The molecule has 2 rings (SSSR count). The predicted molar refractivity (Wildman–Crippen MR) is 59.8 cm³/mol. The van der Waals surface area contributed by atoms with Crippen LogP contribution >= 0.6 is 0 Å². The van der Waals surface area contributed by atoms with Crippen molar-refractivity contribution < 1.29 is 13.2 Å². The monoisotopic (exact) mass is 255 g/mol. The van der Waals surface area contributed by atoms with E-state index in [1.54, 1.807) is 4.90 Å². The molecular weight excluding hydrogens is 243 g/mol. The second kappa shape index (κ2) is 4.84. The van der Waals surface area contributed by atoms with Gasteiger partial charge < -0.3 is 4.90 Å². The first-order chi connectivity index (χ1) is 8.52. The summed E-state index contributed by atoms with van der Waals surface area (Å²) in [6.45, 7) is 0.426. The molecule has 3 nitrogen and oxygen atoms in total. The maximum atomic E-state index is 12.6. The van der Waals surface area contributed by atoms with Crippen LogP contribution in [-0.4, -0.2) is 17.6 Å². The number of nitriles is 1. The van der Waals surface area contributed by atoms with Crippen molar-refractivity contribution in [3.8, 4) is 6.07 Å². The minimum Gasteiger partial charge on any atom is -0.353 e. The minimum absolute atomic E-state index is 0.231. The molecule has 0 unspecified atom stereocenters. The van der Waals surface area contributed by atoms with Gasteiger partial charge in [0.25, 0.3) is 0 Å². The van der Waals surface area contributed by atoms with Crippen LogP contribution in [0.15, 0.2) is 18.3 Å². The molecule has 0 N–H and O–H groups in total. The van der Waals surface area contributed by atoms with Crippen molar-refractivity contribution in [1.82, 2.24) is 4.98 Å². The van der Waals surface area contributed by atoms with E-state index in [4.69, 9.17) is 5.26 Å². The zero-order valence-electron chi connectivity index (χ0n) is 9.61. The molecule has 1 aliphatic rings. The lowest BCUT2D eigenvalue weighted by molar-refractivity contribution is -0.137. The smallest absolute Gasteiger partial charge is 0.353 e. The van der Waals surface area contributed by atoms with Gasteiger partial charge in [-0.05, 0) is 25.0 Å². The lowest BCUT2D eigenvalue weighted by Gasteiger charge is -2.23. The average molecular weight is 255 g/mol. The van der Waals surface area contributed by atoms with Crippen LogP contribution in [0.1, 0.15) is 24.8 Å². The summed E-state index contributed by atoms with van der Waals surface area (Å²) in [7, 11) is 0. The molecule has 0 aliphatic heterocycles. The third-order valence-corrected chi connectivity index (χ3v) is 2.82. The van der Waals surface area contributed by atoms with E-state index in [2.05, 4.69) is 4.98 Å². The number of hydrogen-bond acceptors (Lipinski definition) is 3. The minimum atomic E-state index is -4.36.